The predicted molar refractivity (Wildman–Crippen MR) is 112 cm³/mol. The van der Waals surface area contributed by atoms with E-state index in [1.165, 1.54) is 22.3 Å². The molecule has 0 bridgehead atoms. The highest BCUT2D eigenvalue weighted by Gasteiger charge is 2.28. The van der Waals surface area contributed by atoms with Gasteiger partial charge in [-0.2, -0.15) is 12.6 Å². The number of benzene rings is 2. The van der Waals surface area contributed by atoms with Crippen molar-refractivity contribution in [3.05, 3.63) is 59.7 Å². The van der Waals surface area contributed by atoms with Crippen molar-refractivity contribution in [3.8, 4) is 11.1 Å². The molecule has 0 amide bonds. The number of carboxylic acids is 1. The van der Waals surface area contributed by atoms with Crippen LogP contribution in [-0.4, -0.2) is 42.0 Å². The van der Waals surface area contributed by atoms with Crippen LogP contribution in [-0.2, 0) is 14.3 Å². The van der Waals surface area contributed by atoms with Gasteiger partial charge in [-0.3, -0.25) is 9.59 Å². The van der Waals surface area contributed by atoms with Crippen molar-refractivity contribution in [2.24, 2.45) is 0 Å². The van der Waals surface area contributed by atoms with Gasteiger partial charge in [0.1, 0.15) is 12.6 Å². The first-order valence-corrected chi connectivity index (χ1v) is 10.2. The minimum absolute atomic E-state index is 0.0738. The van der Waals surface area contributed by atoms with E-state index in [0.29, 0.717) is 32.4 Å². The van der Waals surface area contributed by atoms with Crippen LogP contribution in [0.5, 0.6) is 0 Å². The number of carbonyl (C=O) groups is 2. The molecule has 0 aliphatic heterocycles. The van der Waals surface area contributed by atoms with Crippen molar-refractivity contribution in [1.82, 2.24) is 5.32 Å². The van der Waals surface area contributed by atoms with E-state index in [1.807, 2.05) is 24.3 Å². The number of rotatable bonds is 10. The van der Waals surface area contributed by atoms with Gasteiger partial charge in [0, 0.05) is 18.1 Å². The third-order valence-electron chi connectivity index (χ3n) is 5.05. The SMILES string of the molecule is O=C(CCCCN[C@H](CS)C(=O)O)OCC1c2ccccc2-c2ccccc21. The van der Waals surface area contributed by atoms with Crippen LogP contribution in [0, 0.1) is 0 Å². The topological polar surface area (TPSA) is 75.6 Å². The predicted octanol–water partition coefficient (Wildman–Crippen LogP) is 3.49. The Hall–Kier alpha value is -2.31. The second-order valence-electron chi connectivity index (χ2n) is 6.89. The number of ether oxygens (including phenoxy) is 1. The fourth-order valence-electron chi connectivity index (χ4n) is 3.59. The van der Waals surface area contributed by atoms with E-state index in [9.17, 15) is 9.59 Å². The molecule has 148 valence electrons. The summed E-state index contributed by atoms with van der Waals surface area (Å²) in [5.74, 6) is -0.816. The van der Waals surface area contributed by atoms with E-state index in [0.717, 1.165) is 0 Å². The number of hydrogen-bond acceptors (Lipinski definition) is 5. The molecule has 0 aromatic heterocycles. The summed E-state index contributed by atoms with van der Waals surface area (Å²) in [6, 6.07) is 15.8. The number of carboxylic acid groups (broad SMARTS) is 1. The number of hydrogen-bond donors (Lipinski definition) is 3. The zero-order valence-electron chi connectivity index (χ0n) is 15.6. The largest absolute Gasteiger partial charge is 0.480 e. The second-order valence-corrected chi connectivity index (χ2v) is 7.26. The number of carbonyl (C=O) groups excluding carboxylic acids is 1. The first-order chi connectivity index (χ1) is 13.6. The minimum atomic E-state index is -0.911. The average Bonchev–Trinajstić information content (AvgIpc) is 3.02. The molecule has 0 saturated heterocycles. The van der Waals surface area contributed by atoms with Gasteiger partial charge in [0.25, 0.3) is 0 Å². The van der Waals surface area contributed by atoms with E-state index in [2.05, 4.69) is 42.2 Å². The number of unbranched alkanes of at least 4 members (excludes halogenated alkanes) is 1. The van der Waals surface area contributed by atoms with Gasteiger partial charge in [-0.1, -0.05) is 48.5 Å². The van der Waals surface area contributed by atoms with Gasteiger partial charge in [-0.05, 0) is 41.6 Å². The van der Waals surface area contributed by atoms with Crippen molar-refractivity contribution in [3.63, 3.8) is 0 Å². The highest BCUT2D eigenvalue weighted by molar-refractivity contribution is 7.80. The van der Waals surface area contributed by atoms with E-state index in [-0.39, 0.29) is 17.6 Å². The lowest BCUT2D eigenvalue weighted by Crippen LogP contribution is -2.38. The molecule has 3 rings (SSSR count). The Kier molecular flexibility index (Phi) is 7.12. The Balaban J connectivity index is 1.46. The molecular weight excluding hydrogens is 374 g/mol. The fraction of sp³-hybridized carbons (Fsp3) is 0.364. The van der Waals surface area contributed by atoms with E-state index in [1.54, 1.807) is 0 Å². The Morgan fingerprint density at radius 2 is 1.64 bits per heavy atom. The summed E-state index contributed by atoms with van der Waals surface area (Å²) in [5.41, 5.74) is 4.82. The zero-order valence-corrected chi connectivity index (χ0v) is 16.5. The molecule has 0 saturated carbocycles. The normalized spacial score (nSPS) is 13.6. The molecule has 0 unspecified atom stereocenters. The van der Waals surface area contributed by atoms with E-state index >= 15 is 0 Å². The number of esters is 1. The molecule has 5 nitrogen and oxygen atoms in total. The van der Waals surface area contributed by atoms with Gasteiger partial charge in [0.05, 0.1) is 0 Å². The van der Waals surface area contributed by atoms with Crippen LogP contribution in [0.1, 0.15) is 36.3 Å². The molecule has 2 aromatic rings. The number of thiol groups is 1. The van der Waals surface area contributed by atoms with Gasteiger partial charge < -0.3 is 15.2 Å². The lowest BCUT2D eigenvalue weighted by Gasteiger charge is -2.14. The summed E-state index contributed by atoms with van der Waals surface area (Å²) in [5, 5.41) is 11.9. The monoisotopic (exact) mass is 399 g/mol. The fourth-order valence-corrected chi connectivity index (χ4v) is 3.87. The molecule has 1 aliphatic carbocycles. The lowest BCUT2D eigenvalue weighted by atomic mass is 9.98. The van der Waals surface area contributed by atoms with Crippen molar-refractivity contribution in [2.75, 3.05) is 18.9 Å². The Morgan fingerprint density at radius 1 is 1.04 bits per heavy atom. The molecule has 0 heterocycles. The summed E-state index contributed by atoms with van der Waals surface area (Å²) >= 11 is 4.01. The van der Waals surface area contributed by atoms with Gasteiger partial charge in [0.2, 0.25) is 0 Å². The first kappa shape index (κ1) is 20.4. The number of fused-ring (bicyclic) bond motifs is 3. The second kappa shape index (κ2) is 9.75. The molecule has 1 atom stereocenters. The molecule has 0 radical (unpaired) electrons. The number of aliphatic carboxylic acids is 1. The lowest BCUT2D eigenvalue weighted by molar-refractivity contribution is -0.144. The number of nitrogens with one attached hydrogen (secondary N) is 1. The standard InChI is InChI=1S/C22H25NO4S/c24-21(11-5-6-12-23-20(14-28)22(25)26)27-13-19-17-9-3-1-7-15(17)16-8-2-4-10-18(16)19/h1-4,7-10,19-20,23,28H,5-6,11-14H2,(H,25,26)/t20-/m1/s1. The average molecular weight is 400 g/mol. The first-order valence-electron chi connectivity index (χ1n) is 9.52. The maximum atomic E-state index is 12.1. The third-order valence-corrected chi connectivity index (χ3v) is 5.42. The highest BCUT2D eigenvalue weighted by Crippen LogP contribution is 2.44. The van der Waals surface area contributed by atoms with Gasteiger partial charge in [0.15, 0.2) is 0 Å². The molecule has 0 spiro atoms. The maximum absolute atomic E-state index is 12.1. The Labute approximate surface area is 170 Å². The minimum Gasteiger partial charge on any atom is -0.480 e. The third kappa shape index (κ3) is 4.75. The molecule has 2 N–H and O–H groups in total. The smallest absolute Gasteiger partial charge is 0.321 e. The van der Waals surface area contributed by atoms with Crippen LogP contribution < -0.4 is 5.32 Å². The van der Waals surface area contributed by atoms with E-state index < -0.39 is 12.0 Å². The Bertz CT molecular complexity index is 793. The van der Waals surface area contributed by atoms with Crippen LogP contribution in [0.2, 0.25) is 0 Å². The van der Waals surface area contributed by atoms with Crippen molar-refractivity contribution in [1.29, 1.82) is 0 Å². The molecule has 2 aromatic carbocycles. The van der Waals surface area contributed by atoms with Gasteiger partial charge in [-0.15, -0.1) is 0 Å². The molecule has 0 fully saturated rings. The summed E-state index contributed by atoms with van der Waals surface area (Å²) in [6.45, 7) is 0.875. The van der Waals surface area contributed by atoms with Gasteiger partial charge >= 0.3 is 11.9 Å². The molecule has 28 heavy (non-hydrogen) atoms. The van der Waals surface area contributed by atoms with Crippen LogP contribution in [0.3, 0.4) is 0 Å². The van der Waals surface area contributed by atoms with Crippen LogP contribution >= 0.6 is 12.6 Å². The quantitative estimate of drug-likeness (QED) is 0.324. The summed E-state index contributed by atoms with van der Waals surface area (Å²) in [4.78, 5) is 23.0. The summed E-state index contributed by atoms with van der Waals surface area (Å²) < 4.78 is 5.56. The van der Waals surface area contributed by atoms with Crippen LogP contribution in [0.25, 0.3) is 11.1 Å². The van der Waals surface area contributed by atoms with Gasteiger partial charge in [-0.25, -0.2) is 0 Å². The highest BCUT2D eigenvalue weighted by atomic mass is 32.1. The maximum Gasteiger partial charge on any atom is 0.321 e. The van der Waals surface area contributed by atoms with Crippen molar-refractivity contribution in [2.45, 2.75) is 31.2 Å². The Morgan fingerprint density at radius 3 is 2.21 bits per heavy atom. The molecule has 1 aliphatic rings. The summed E-state index contributed by atoms with van der Waals surface area (Å²) in [6.07, 6.45) is 1.70. The molecular formula is C22H25NO4S. The van der Waals surface area contributed by atoms with E-state index in [4.69, 9.17) is 9.84 Å². The summed E-state index contributed by atoms with van der Waals surface area (Å²) in [7, 11) is 0. The van der Waals surface area contributed by atoms with Crippen molar-refractivity contribution < 1.29 is 19.4 Å². The van der Waals surface area contributed by atoms with Crippen LogP contribution in [0.15, 0.2) is 48.5 Å². The van der Waals surface area contributed by atoms with Crippen LogP contribution in [0.4, 0.5) is 0 Å². The van der Waals surface area contributed by atoms with Crippen molar-refractivity contribution >= 4 is 24.6 Å². The molecule has 6 heteroatoms. The zero-order chi connectivity index (χ0) is 19.9.